The second kappa shape index (κ2) is 6.97. The number of carbonyl (C=O) groups excluding carboxylic acids is 1. The SMILES string of the molecule is O=C(OC1CCOCC1)C1CCCCCCN1. The van der Waals surface area contributed by atoms with Crippen LogP contribution in [0.15, 0.2) is 0 Å². The van der Waals surface area contributed by atoms with E-state index in [4.69, 9.17) is 9.47 Å². The molecule has 2 fully saturated rings. The Morgan fingerprint density at radius 2 is 1.82 bits per heavy atom. The largest absolute Gasteiger partial charge is 0.461 e. The van der Waals surface area contributed by atoms with Crippen LogP contribution in [0, 0.1) is 0 Å². The zero-order chi connectivity index (χ0) is 11.9. The third kappa shape index (κ3) is 4.28. The molecular weight excluding hydrogens is 218 g/mol. The van der Waals surface area contributed by atoms with E-state index in [-0.39, 0.29) is 18.1 Å². The van der Waals surface area contributed by atoms with E-state index < -0.39 is 0 Å². The van der Waals surface area contributed by atoms with Crippen molar-refractivity contribution < 1.29 is 14.3 Å². The molecular formula is C13H23NO3. The molecule has 2 saturated heterocycles. The van der Waals surface area contributed by atoms with Gasteiger partial charge in [0.05, 0.1) is 13.2 Å². The highest BCUT2D eigenvalue weighted by Gasteiger charge is 2.24. The van der Waals surface area contributed by atoms with Gasteiger partial charge in [-0.3, -0.25) is 4.79 Å². The van der Waals surface area contributed by atoms with Crippen LogP contribution in [0.2, 0.25) is 0 Å². The van der Waals surface area contributed by atoms with E-state index in [0.717, 1.165) is 45.4 Å². The number of esters is 1. The van der Waals surface area contributed by atoms with Gasteiger partial charge in [-0.1, -0.05) is 19.3 Å². The summed E-state index contributed by atoms with van der Waals surface area (Å²) in [5, 5.41) is 3.31. The molecule has 0 saturated carbocycles. The van der Waals surface area contributed by atoms with E-state index in [0.29, 0.717) is 0 Å². The zero-order valence-electron chi connectivity index (χ0n) is 10.5. The minimum absolute atomic E-state index is 0.0567. The van der Waals surface area contributed by atoms with Crippen LogP contribution < -0.4 is 5.32 Å². The fourth-order valence-corrected chi connectivity index (χ4v) is 2.45. The predicted molar refractivity (Wildman–Crippen MR) is 64.8 cm³/mol. The Morgan fingerprint density at radius 3 is 2.65 bits per heavy atom. The molecule has 0 amide bonds. The molecule has 0 aromatic rings. The lowest BCUT2D eigenvalue weighted by atomic mass is 10.0. The van der Waals surface area contributed by atoms with Crippen LogP contribution in [0.4, 0.5) is 0 Å². The van der Waals surface area contributed by atoms with E-state index in [1.54, 1.807) is 0 Å². The number of hydrogen-bond acceptors (Lipinski definition) is 4. The first-order chi connectivity index (χ1) is 8.36. The monoisotopic (exact) mass is 241 g/mol. The van der Waals surface area contributed by atoms with Crippen LogP contribution in [-0.2, 0) is 14.3 Å². The van der Waals surface area contributed by atoms with Crippen molar-refractivity contribution in [2.45, 2.75) is 57.1 Å². The summed E-state index contributed by atoms with van der Waals surface area (Å²) in [4.78, 5) is 12.0. The van der Waals surface area contributed by atoms with Gasteiger partial charge in [0.25, 0.3) is 0 Å². The average molecular weight is 241 g/mol. The lowest BCUT2D eigenvalue weighted by Gasteiger charge is -2.26. The van der Waals surface area contributed by atoms with Crippen LogP contribution in [0.1, 0.15) is 44.9 Å². The first-order valence-electron chi connectivity index (χ1n) is 6.88. The fraction of sp³-hybridized carbons (Fsp3) is 0.923. The van der Waals surface area contributed by atoms with Crippen molar-refractivity contribution in [1.29, 1.82) is 0 Å². The van der Waals surface area contributed by atoms with Gasteiger partial charge in [-0.2, -0.15) is 0 Å². The standard InChI is InChI=1S/C13H23NO3/c15-13(17-11-6-9-16-10-7-11)12-5-3-1-2-4-8-14-12/h11-12,14H,1-10H2. The third-order valence-electron chi connectivity index (χ3n) is 3.55. The number of hydrogen-bond donors (Lipinski definition) is 1. The molecule has 2 rings (SSSR count). The number of carbonyl (C=O) groups is 1. The van der Waals surface area contributed by atoms with E-state index in [1.165, 1.54) is 19.3 Å². The van der Waals surface area contributed by atoms with Crippen LogP contribution in [-0.4, -0.2) is 37.9 Å². The first-order valence-corrected chi connectivity index (χ1v) is 6.88. The quantitative estimate of drug-likeness (QED) is 0.746. The van der Waals surface area contributed by atoms with Gasteiger partial charge in [-0.05, 0) is 19.4 Å². The minimum atomic E-state index is -0.0851. The van der Waals surface area contributed by atoms with E-state index >= 15 is 0 Å². The molecule has 0 spiro atoms. The Kier molecular flexibility index (Phi) is 5.26. The Hall–Kier alpha value is -0.610. The van der Waals surface area contributed by atoms with Crippen molar-refractivity contribution >= 4 is 5.97 Å². The van der Waals surface area contributed by atoms with E-state index in [1.807, 2.05) is 0 Å². The van der Waals surface area contributed by atoms with Crippen molar-refractivity contribution in [3.8, 4) is 0 Å². The van der Waals surface area contributed by atoms with Crippen molar-refractivity contribution in [3.05, 3.63) is 0 Å². The van der Waals surface area contributed by atoms with Crippen LogP contribution in [0.3, 0.4) is 0 Å². The molecule has 1 atom stereocenters. The fourth-order valence-electron chi connectivity index (χ4n) is 2.45. The van der Waals surface area contributed by atoms with Gasteiger partial charge in [0.1, 0.15) is 12.1 Å². The highest BCUT2D eigenvalue weighted by molar-refractivity contribution is 5.75. The van der Waals surface area contributed by atoms with Crippen LogP contribution in [0.5, 0.6) is 0 Å². The summed E-state index contributed by atoms with van der Waals surface area (Å²) in [6.07, 6.45) is 7.49. The molecule has 0 radical (unpaired) electrons. The van der Waals surface area contributed by atoms with Crippen molar-refractivity contribution in [1.82, 2.24) is 5.32 Å². The van der Waals surface area contributed by atoms with Crippen LogP contribution >= 0.6 is 0 Å². The Bertz CT molecular complexity index is 231. The highest BCUT2D eigenvalue weighted by Crippen LogP contribution is 2.15. The summed E-state index contributed by atoms with van der Waals surface area (Å²) in [5.41, 5.74) is 0. The highest BCUT2D eigenvalue weighted by atomic mass is 16.6. The Balaban J connectivity index is 1.76. The second-order valence-corrected chi connectivity index (χ2v) is 4.96. The topological polar surface area (TPSA) is 47.6 Å². The summed E-state index contributed by atoms with van der Waals surface area (Å²) in [6.45, 7) is 2.37. The predicted octanol–water partition coefficient (Wildman–Crippen LogP) is 1.63. The molecule has 0 aromatic carbocycles. The van der Waals surface area contributed by atoms with E-state index in [2.05, 4.69) is 5.32 Å². The summed E-state index contributed by atoms with van der Waals surface area (Å²) in [7, 11) is 0. The maximum Gasteiger partial charge on any atom is 0.323 e. The number of rotatable bonds is 2. The molecule has 2 heterocycles. The molecule has 1 unspecified atom stereocenters. The van der Waals surface area contributed by atoms with Gasteiger partial charge in [-0.25, -0.2) is 0 Å². The molecule has 2 aliphatic heterocycles. The van der Waals surface area contributed by atoms with Crippen molar-refractivity contribution in [2.24, 2.45) is 0 Å². The van der Waals surface area contributed by atoms with Gasteiger partial charge in [0.15, 0.2) is 0 Å². The van der Waals surface area contributed by atoms with Gasteiger partial charge in [0, 0.05) is 12.8 Å². The Labute approximate surface area is 103 Å². The van der Waals surface area contributed by atoms with Crippen LogP contribution in [0.25, 0.3) is 0 Å². The molecule has 17 heavy (non-hydrogen) atoms. The molecule has 0 aromatic heterocycles. The molecule has 98 valence electrons. The zero-order valence-corrected chi connectivity index (χ0v) is 10.5. The molecule has 1 N–H and O–H groups in total. The van der Waals surface area contributed by atoms with Gasteiger partial charge in [-0.15, -0.1) is 0 Å². The lowest BCUT2D eigenvalue weighted by molar-refractivity contribution is -0.156. The second-order valence-electron chi connectivity index (χ2n) is 4.96. The average Bonchev–Trinajstić information content (AvgIpc) is 2.29. The maximum atomic E-state index is 12.0. The molecule has 2 aliphatic rings. The molecule has 0 aliphatic carbocycles. The molecule has 4 heteroatoms. The first kappa shape index (κ1) is 12.8. The smallest absolute Gasteiger partial charge is 0.323 e. The van der Waals surface area contributed by atoms with Gasteiger partial charge < -0.3 is 14.8 Å². The third-order valence-corrected chi connectivity index (χ3v) is 3.55. The molecule has 0 bridgehead atoms. The van der Waals surface area contributed by atoms with Crippen molar-refractivity contribution in [2.75, 3.05) is 19.8 Å². The molecule has 4 nitrogen and oxygen atoms in total. The summed E-state index contributed by atoms with van der Waals surface area (Å²) in [6, 6.07) is -0.0851. The Morgan fingerprint density at radius 1 is 1.06 bits per heavy atom. The number of nitrogens with one attached hydrogen (secondary N) is 1. The normalized spacial score (nSPS) is 28.1. The number of ether oxygens (including phenoxy) is 2. The minimum Gasteiger partial charge on any atom is -0.461 e. The summed E-state index contributed by atoms with van der Waals surface area (Å²) < 4.78 is 10.8. The summed E-state index contributed by atoms with van der Waals surface area (Å²) in [5.74, 6) is -0.0567. The maximum absolute atomic E-state index is 12.0. The van der Waals surface area contributed by atoms with Gasteiger partial charge >= 0.3 is 5.97 Å². The lowest BCUT2D eigenvalue weighted by Crippen LogP contribution is -2.41. The summed E-state index contributed by atoms with van der Waals surface area (Å²) >= 11 is 0. The van der Waals surface area contributed by atoms with E-state index in [9.17, 15) is 4.79 Å². The van der Waals surface area contributed by atoms with Gasteiger partial charge in [0.2, 0.25) is 0 Å². The van der Waals surface area contributed by atoms with Crippen molar-refractivity contribution in [3.63, 3.8) is 0 Å².